The first-order valence-corrected chi connectivity index (χ1v) is 8.48. The van der Waals surface area contributed by atoms with Crippen LogP contribution in [0.1, 0.15) is 24.3 Å². The standard InChI is InChI=1S/C16H12BrIN2O2/c1-10(21)20-16(12-3-2-4-14(18)9-12)22-15(19-20)11-5-7-13(17)8-6-11/h2-9,16H,1H3/t16-/m0/s1. The van der Waals surface area contributed by atoms with Crippen LogP contribution >= 0.6 is 38.5 Å². The summed E-state index contributed by atoms with van der Waals surface area (Å²) in [6.07, 6.45) is -0.522. The highest BCUT2D eigenvalue weighted by Crippen LogP contribution is 2.31. The molecule has 1 aliphatic heterocycles. The van der Waals surface area contributed by atoms with Crippen molar-refractivity contribution in [2.45, 2.75) is 13.2 Å². The molecule has 1 heterocycles. The number of nitrogens with zero attached hydrogens (tertiary/aromatic N) is 2. The minimum atomic E-state index is -0.522. The molecule has 2 aromatic rings. The third kappa shape index (κ3) is 3.17. The second-order valence-electron chi connectivity index (χ2n) is 4.80. The van der Waals surface area contributed by atoms with Crippen molar-refractivity contribution in [2.75, 3.05) is 0 Å². The zero-order chi connectivity index (χ0) is 15.7. The number of amides is 1. The Bertz CT molecular complexity index is 746. The fourth-order valence-corrected chi connectivity index (χ4v) is 2.98. The molecule has 22 heavy (non-hydrogen) atoms. The number of ether oxygens (including phenoxy) is 1. The van der Waals surface area contributed by atoms with Gasteiger partial charge in [0.1, 0.15) is 0 Å². The van der Waals surface area contributed by atoms with Crippen LogP contribution < -0.4 is 0 Å². The average molecular weight is 471 g/mol. The Morgan fingerprint density at radius 3 is 2.64 bits per heavy atom. The molecule has 0 unspecified atom stereocenters. The van der Waals surface area contributed by atoms with Crippen molar-refractivity contribution >= 4 is 50.3 Å². The Labute approximate surface area is 150 Å². The number of carbonyl (C=O) groups excluding carboxylic acids is 1. The molecule has 1 atom stereocenters. The van der Waals surface area contributed by atoms with Crippen LogP contribution in [-0.4, -0.2) is 16.8 Å². The van der Waals surface area contributed by atoms with E-state index in [4.69, 9.17) is 4.74 Å². The Morgan fingerprint density at radius 2 is 2.00 bits per heavy atom. The molecule has 0 aliphatic carbocycles. The van der Waals surface area contributed by atoms with E-state index in [1.807, 2.05) is 48.5 Å². The van der Waals surface area contributed by atoms with E-state index in [9.17, 15) is 4.79 Å². The van der Waals surface area contributed by atoms with E-state index >= 15 is 0 Å². The summed E-state index contributed by atoms with van der Waals surface area (Å²) in [4.78, 5) is 11.9. The van der Waals surface area contributed by atoms with E-state index in [-0.39, 0.29) is 5.91 Å². The van der Waals surface area contributed by atoms with Crippen LogP contribution in [0.4, 0.5) is 0 Å². The zero-order valence-electron chi connectivity index (χ0n) is 11.7. The molecule has 1 aliphatic rings. The summed E-state index contributed by atoms with van der Waals surface area (Å²) in [5.41, 5.74) is 1.74. The van der Waals surface area contributed by atoms with Gasteiger partial charge in [-0.05, 0) is 59.0 Å². The number of carbonyl (C=O) groups is 1. The van der Waals surface area contributed by atoms with Crippen molar-refractivity contribution in [3.8, 4) is 0 Å². The number of hydrazone groups is 1. The molecule has 2 aromatic carbocycles. The van der Waals surface area contributed by atoms with Gasteiger partial charge in [0.25, 0.3) is 0 Å². The van der Waals surface area contributed by atoms with Crippen LogP contribution in [0.15, 0.2) is 58.1 Å². The monoisotopic (exact) mass is 470 g/mol. The molecule has 0 N–H and O–H groups in total. The van der Waals surface area contributed by atoms with Gasteiger partial charge in [0.05, 0.1) is 0 Å². The fourth-order valence-electron chi connectivity index (χ4n) is 2.15. The van der Waals surface area contributed by atoms with Gasteiger partial charge in [-0.2, -0.15) is 5.01 Å². The van der Waals surface area contributed by atoms with Crippen molar-refractivity contribution < 1.29 is 9.53 Å². The number of benzene rings is 2. The van der Waals surface area contributed by atoms with Crippen LogP contribution in [-0.2, 0) is 9.53 Å². The smallest absolute Gasteiger partial charge is 0.243 e. The van der Waals surface area contributed by atoms with Gasteiger partial charge in [-0.3, -0.25) is 4.79 Å². The molecule has 0 saturated carbocycles. The fraction of sp³-hybridized carbons (Fsp3) is 0.125. The van der Waals surface area contributed by atoms with Crippen LogP contribution in [0.25, 0.3) is 0 Å². The van der Waals surface area contributed by atoms with Crippen molar-refractivity contribution in [1.29, 1.82) is 0 Å². The summed E-state index contributed by atoms with van der Waals surface area (Å²) in [7, 11) is 0. The quantitative estimate of drug-likeness (QED) is 0.614. The summed E-state index contributed by atoms with van der Waals surface area (Å²) in [5, 5.41) is 5.71. The van der Waals surface area contributed by atoms with E-state index in [2.05, 4.69) is 43.6 Å². The molecule has 1 amide bonds. The highest BCUT2D eigenvalue weighted by Gasteiger charge is 2.33. The molecule has 0 bridgehead atoms. The molecule has 0 saturated heterocycles. The number of halogens is 2. The van der Waals surface area contributed by atoms with Crippen molar-refractivity contribution in [2.24, 2.45) is 5.10 Å². The van der Waals surface area contributed by atoms with Gasteiger partial charge < -0.3 is 4.74 Å². The maximum atomic E-state index is 11.9. The van der Waals surface area contributed by atoms with E-state index in [1.165, 1.54) is 11.9 Å². The predicted molar refractivity (Wildman–Crippen MR) is 96.2 cm³/mol. The Balaban J connectivity index is 1.94. The lowest BCUT2D eigenvalue weighted by Crippen LogP contribution is -2.25. The third-order valence-electron chi connectivity index (χ3n) is 3.19. The largest absolute Gasteiger partial charge is 0.446 e. The summed E-state index contributed by atoms with van der Waals surface area (Å²) in [6.45, 7) is 1.48. The van der Waals surface area contributed by atoms with E-state index < -0.39 is 6.23 Å². The van der Waals surface area contributed by atoms with Gasteiger partial charge in [-0.1, -0.05) is 28.1 Å². The Kier molecular flexibility index (Phi) is 4.49. The topological polar surface area (TPSA) is 41.9 Å². The summed E-state index contributed by atoms with van der Waals surface area (Å²) < 4.78 is 8.00. The van der Waals surface area contributed by atoms with Gasteiger partial charge in [-0.15, -0.1) is 5.10 Å². The molecule has 0 aromatic heterocycles. The summed E-state index contributed by atoms with van der Waals surface area (Å²) in [5.74, 6) is 0.294. The predicted octanol–water partition coefficient (Wildman–Crippen LogP) is 4.29. The molecule has 0 radical (unpaired) electrons. The van der Waals surface area contributed by atoms with Crippen LogP contribution in [0.2, 0.25) is 0 Å². The molecule has 0 spiro atoms. The van der Waals surface area contributed by atoms with Crippen LogP contribution in [0.3, 0.4) is 0 Å². The van der Waals surface area contributed by atoms with Crippen molar-refractivity contribution in [3.63, 3.8) is 0 Å². The molecule has 6 heteroatoms. The maximum absolute atomic E-state index is 11.9. The van der Waals surface area contributed by atoms with Crippen molar-refractivity contribution in [3.05, 3.63) is 67.7 Å². The molecular weight excluding hydrogens is 459 g/mol. The van der Waals surface area contributed by atoms with Crippen molar-refractivity contribution in [1.82, 2.24) is 5.01 Å². The molecule has 4 nitrogen and oxygen atoms in total. The minimum absolute atomic E-state index is 0.157. The Hall–Kier alpha value is -1.41. The first-order chi connectivity index (χ1) is 10.5. The van der Waals surface area contributed by atoms with E-state index in [0.29, 0.717) is 5.90 Å². The Morgan fingerprint density at radius 1 is 1.27 bits per heavy atom. The minimum Gasteiger partial charge on any atom is -0.446 e. The second-order valence-corrected chi connectivity index (χ2v) is 6.96. The van der Waals surface area contributed by atoms with Crippen LogP contribution in [0, 0.1) is 3.57 Å². The van der Waals surface area contributed by atoms with Gasteiger partial charge in [-0.25, -0.2) is 0 Å². The van der Waals surface area contributed by atoms with E-state index in [0.717, 1.165) is 19.2 Å². The number of hydrogen-bond donors (Lipinski definition) is 0. The number of rotatable bonds is 2. The molecule has 112 valence electrons. The SMILES string of the molecule is CC(=O)N1N=C(c2ccc(Br)cc2)O[C@H]1c1cccc(I)c1. The van der Waals surface area contributed by atoms with Gasteiger partial charge in [0.15, 0.2) is 0 Å². The second kappa shape index (κ2) is 6.37. The highest BCUT2D eigenvalue weighted by atomic mass is 127. The van der Waals surface area contributed by atoms with Crippen LogP contribution in [0.5, 0.6) is 0 Å². The first-order valence-electron chi connectivity index (χ1n) is 6.61. The highest BCUT2D eigenvalue weighted by molar-refractivity contribution is 14.1. The lowest BCUT2D eigenvalue weighted by atomic mass is 10.2. The van der Waals surface area contributed by atoms with Gasteiger partial charge in [0, 0.05) is 26.1 Å². The molecular formula is C16H12BrIN2O2. The number of hydrogen-bond acceptors (Lipinski definition) is 3. The molecule has 0 fully saturated rings. The lowest BCUT2D eigenvalue weighted by molar-refractivity contribution is -0.135. The normalized spacial score (nSPS) is 17.1. The lowest BCUT2D eigenvalue weighted by Gasteiger charge is -2.19. The first kappa shape index (κ1) is 15.5. The van der Waals surface area contributed by atoms with Gasteiger partial charge >= 0.3 is 0 Å². The maximum Gasteiger partial charge on any atom is 0.243 e. The van der Waals surface area contributed by atoms with Gasteiger partial charge in [0.2, 0.25) is 18.0 Å². The summed E-state index contributed by atoms with van der Waals surface area (Å²) >= 11 is 5.63. The zero-order valence-corrected chi connectivity index (χ0v) is 15.4. The average Bonchev–Trinajstić information content (AvgIpc) is 2.93. The summed E-state index contributed by atoms with van der Waals surface area (Å²) in [6, 6.07) is 15.5. The third-order valence-corrected chi connectivity index (χ3v) is 4.39. The van der Waals surface area contributed by atoms with E-state index in [1.54, 1.807) is 0 Å². The molecule has 3 rings (SSSR count).